The number of carbonyl (C=O) groups is 2. The number of thiazole rings is 1. The molecule has 2 aromatic heterocycles. The number of anilines is 2. The summed E-state index contributed by atoms with van der Waals surface area (Å²) in [4.78, 5) is 29.3. The Bertz CT molecular complexity index is 937. The maximum atomic E-state index is 12.0. The first-order chi connectivity index (χ1) is 13.0. The number of hydrogen-bond acceptors (Lipinski definition) is 6. The molecule has 0 bridgehead atoms. The quantitative estimate of drug-likeness (QED) is 0.536. The molecule has 3 rings (SSSR count). The largest absolute Gasteiger partial charge is 0.325 e. The first kappa shape index (κ1) is 19.9. The number of carbonyl (C=O) groups excluding carboxylic acids is 2. The van der Waals surface area contributed by atoms with E-state index in [0.717, 1.165) is 21.8 Å². The van der Waals surface area contributed by atoms with Crippen molar-refractivity contribution in [1.29, 1.82) is 0 Å². The fourth-order valence-electron chi connectivity index (χ4n) is 2.12. The highest BCUT2D eigenvalue weighted by molar-refractivity contribution is 8.00. The van der Waals surface area contributed by atoms with Crippen LogP contribution in [0.25, 0.3) is 10.6 Å². The van der Waals surface area contributed by atoms with E-state index in [1.165, 1.54) is 34.4 Å². The molecular formula is C18H16ClN3O2S3. The Balaban J connectivity index is 1.41. The minimum atomic E-state index is -0.187. The number of nitrogens with one attached hydrogen (secondary N) is 2. The van der Waals surface area contributed by atoms with E-state index < -0.39 is 0 Å². The molecule has 0 atom stereocenters. The lowest BCUT2D eigenvalue weighted by molar-refractivity contribution is -0.114. The summed E-state index contributed by atoms with van der Waals surface area (Å²) in [5, 5.41) is 7.97. The highest BCUT2D eigenvalue weighted by Gasteiger charge is 2.11. The molecule has 140 valence electrons. The zero-order valence-corrected chi connectivity index (χ0v) is 17.5. The number of aromatic nitrogens is 1. The van der Waals surface area contributed by atoms with E-state index in [4.69, 9.17) is 11.6 Å². The van der Waals surface area contributed by atoms with Crippen molar-refractivity contribution < 1.29 is 9.59 Å². The summed E-state index contributed by atoms with van der Waals surface area (Å²) in [5.41, 5.74) is 2.67. The van der Waals surface area contributed by atoms with Crippen LogP contribution in [0, 0.1) is 6.92 Å². The van der Waals surface area contributed by atoms with Gasteiger partial charge in [0.1, 0.15) is 0 Å². The van der Waals surface area contributed by atoms with E-state index in [-0.39, 0.29) is 23.3 Å². The van der Waals surface area contributed by atoms with Crippen LogP contribution in [0.1, 0.15) is 5.56 Å². The summed E-state index contributed by atoms with van der Waals surface area (Å²) < 4.78 is 0.698. The predicted octanol–water partition coefficient (Wildman–Crippen LogP) is 5.14. The van der Waals surface area contributed by atoms with Gasteiger partial charge >= 0.3 is 0 Å². The first-order valence-electron chi connectivity index (χ1n) is 7.95. The molecule has 0 unspecified atom stereocenters. The summed E-state index contributed by atoms with van der Waals surface area (Å²) >= 11 is 9.98. The van der Waals surface area contributed by atoms with E-state index in [0.29, 0.717) is 9.47 Å². The van der Waals surface area contributed by atoms with Gasteiger partial charge in [0.15, 0.2) is 5.13 Å². The number of thioether (sulfide) groups is 1. The number of thiophene rings is 1. The molecule has 0 aliphatic heterocycles. The Hall–Kier alpha value is -1.87. The normalized spacial score (nSPS) is 10.6. The molecule has 2 heterocycles. The predicted molar refractivity (Wildman–Crippen MR) is 116 cm³/mol. The third-order valence-electron chi connectivity index (χ3n) is 3.38. The fraction of sp³-hybridized carbons (Fsp3) is 0.167. The average molecular weight is 438 g/mol. The van der Waals surface area contributed by atoms with Crippen LogP contribution in [0.5, 0.6) is 0 Å². The van der Waals surface area contributed by atoms with E-state index in [1.807, 2.05) is 48.7 Å². The van der Waals surface area contributed by atoms with Gasteiger partial charge in [0.2, 0.25) is 11.8 Å². The molecule has 0 spiro atoms. The minimum absolute atomic E-state index is 0.136. The monoisotopic (exact) mass is 437 g/mol. The molecule has 1 aromatic carbocycles. The van der Waals surface area contributed by atoms with Crippen LogP contribution in [0.3, 0.4) is 0 Å². The van der Waals surface area contributed by atoms with Crippen molar-refractivity contribution in [3.63, 3.8) is 0 Å². The molecule has 5 nitrogen and oxygen atoms in total. The van der Waals surface area contributed by atoms with Gasteiger partial charge in [-0.2, -0.15) is 0 Å². The van der Waals surface area contributed by atoms with Crippen LogP contribution < -0.4 is 10.6 Å². The van der Waals surface area contributed by atoms with Crippen LogP contribution in [0.2, 0.25) is 4.34 Å². The zero-order chi connectivity index (χ0) is 19.2. The molecule has 3 aromatic rings. The first-order valence-corrected chi connectivity index (χ1v) is 11.2. The average Bonchev–Trinajstić information content (AvgIpc) is 3.26. The van der Waals surface area contributed by atoms with Crippen molar-refractivity contribution in [3.05, 3.63) is 51.7 Å². The van der Waals surface area contributed by atoms with Crippen LogP contribution in [0.15, 0.2) is 41.8 Å². The van der Waals surface area contributed by atoms with Gasteiger partial charge in [-0.3, -0.25) is 9.59 Å². The van der Waals surface area contributed by atoms with Crippen LogP contribution in [0.4, 0.5) is 10.8 Å². The summed E-state index contributed by atoms with van der Waals surface area (Å²) in [6.45, 7) is 1.99. The summed E-state index contributed by atoms with van der Waals surface area (Å²) in [6, 6.07) is 11.3. The van der Waals surface area contributed by atoms with Gasteiger partial charge in [0, 0.05) is 11.1 Å². The Labute approximate surface area is 174 Å². The molecule has 2 N–H and O–H groups in total. The number of nitrogens with zero attached hydrogens (tertiary/aromatic N) is 1. The molecule has 2 amide bonds. The second-order valence-electron chi connectivity index (χ2n) is 5.60. The second kappa shape index (κ2) is 9.36. The van der Waals surface area contributed by atoms with Crippen LogP contribution in [-0.2, 0) is 9.59 Å². The van der Waals surface area contributed by atoms with Gasteiger partial charge in [0.05, 0.1) is 26.4 Å². The smallest absolute Gasteiger partial charge is 0.236 e. The van der Waals surface area contributed by atoms with Crippen molar-refractivity contribution >= 4 is 68.7 Å². The summed E-state index contributed by atoms with van der Waals surface area (Å²) in [6.07, 6.45) is 0. The van der Waals surface area contributed by atoms with Gasteiger partial charge in [-0.05, 0) is 31.2 Å². The third-order valence-corrected chi connectivity index (χ3v) is 6.32. The van der Waals surface area contributed by atoms with E-state index in [1.54, 1.807) is 0 Å². The Morgan fingerprint density at radius 3 is 2.44 bits per heavy atom. The molecule has 0 saturated carbocycles. The second-order valence-corrected chi connectivity index (χ2v) is 9.16. The molecule has 0 saturated heterocycles. The standard InChI is InChI=1S/C18H16ClN3O2S3/c1-11-2-4-12(5-3-11)20-16(23)9-25-10-17(24)22-18-21-13(8-26-18)14-6-7-15(19)27-14/h2-8H,9-10H2,1H3,(H,20,23)(H,21,22,24). The number of benzene rings is 1. The lowest BCUT2D eigenvalue weighted by Gasteiger charge is -2.05. The number of halogens is 1. The topological polar surface area (TPSA) is 71.1 Å². The number of rotatable bonds is 7. The number of amides is 2. The molecule has 0 aliphatic carbocycles. The van der Waals surface area contributed by atoms with Crippen molar-refractivity contribution in [1.82, 2.24) is 4.98 Å². The lowest BCUT2D eigenvalue weighted by atomic mass is 10.2. The van der Waals surface area contributed by atoms with E-state index >= 15 is 0 Å². The summed E-state index contributed by atoms with van der Waals surface area (Å²) in [7, 11) is 0. The number of hydrogen-bond donors (Lipinski definition) is 2. The molecule has 0 aliphatic rings. The SMILES string of the molecule is Cc1ccc(NC(=O)CSCC(=O)Nc2nc(-c3ccc(Cl)s3)cs2)cc1. The van der Waals surface area contributed by atoms with E-state index in [9.17, 15) is 9.59 Å². The fourth-order valence-corrected chi connectivity index (χ4v) is 4.54. The molecule has 27 heavy (non-hydrogen) atoms. The Morgan fingerprint density at radius 1 is 1.07 bits per heavy atom. The third kappa shape index (κ3) is 6.07. The highest BCUT2D eigenvalue weighted by atomic mass is 35.5. The minimum Gasteiger partial charge on any atom is -0.325 e. The number of aryl methyl sites for hydroxylation is 1. The summed E-state index contributed by atoms with van der Waals surface area (Å²) in [5.74, 6) is 0.0649. The highest BCUT2D eigenvalue weighted by Crippen LogP contribution is 2.32. The van der Waals surface area contributed by atoms with Gasteiger partial charge in [-0.25, -0.2) is 4.98 Å². The van der Waals surface area contributed by atoms with Crippen LogP contribution >= 0.6 is 46.0 Å². The maximum Gasteiger partial charge on any atom is 0.236 e. The van der Waals surface area contributed by atoms with Gasteiger partial charge in [0.25, 0.3) is 0 Å². The van der Waals surface area contributed by atoms with Crippen molar-refractivity contribution in [2.45, 2.75) is 6.92 Å². The van der Waals surface area contributed by atoms with E-state index in [2.05, 4.69) is 15.6 Å². The van der Waals surface area contributed by atoms with Crippen molar-refractivity contribution in [2.24, 2.45) is 0 Å². The van der Waals surface area contributed by atoms with Crippen LogP contribution in [-0.4, -0.2) is 28.3 Å². The molecule has 9 heteroatoms. The maximum absolute atomic E-state index is 12.0. The van der Waals surface area contributed by atoms with Crippen molar-refractivity contribution in [2.75, 3.05) is 22.1 Å². The van der Waals surface area contributed by atoms with Gasteiger partial charge in [-0.15, -0.1) is 34.4 Å². The molecular weight excluding hydrogens is 422 g/mol. The molecule has 0 radical (unpaired) electrons. The molecule has 0 fully saturated rings. The Kier molecular flexibility index (Phi) is 6.89. The zero-order valence-electron chi connectivity index (χ0n) is 14.3. The van der Waals surface area contributed by atoms with Crippen molar-refractivity contribution in [3.8, 4) is 10.6 Å². The lowest BCUT2D eigenvalue weighted by Crippen LogP contribution is -2.18. The van der Waals surface area contributed by atoms with Gasteiger partial charge < -0.3 is 10.6 Å². The Morgan fingerprint density at radius 2 is 1.78 bits per heavy atom. The van der Waals surface area contributed by atoms with Gasteiger partial charge in [-0.1, -0.05) is 29.3 Å².